The van der Waals surface area contributed by atoms with Crippen molar-refractivity contribution in [1.82, 2.24) is 0 Å². The standard InChI is InChI=1S/C16H23N/c1-7-15(11-9-13(3)4)17-16(8-2)12-10-14(5)6/h7-13H,1,5H2,2-4,6H3/b11-9-,12-10-,16-8?,17-15?. The third-order valence-corrected chi connectivity index (χ3v) is 1.95. The molecular weight excluding hydrogens is 206 g/mol. The molecule has 92 valence electrons. The van der Waals surface area contributed by atoms with Crippen LogP contribution in [0.3, 0.4) is 0 Å². The molecule has 0 aliphatic carbocycles. The normalized spacial score (nSPS) is 13.9. The summed E-state index contributed by atoms with van der Waals surface area (Å²) in [5, 5.41) is 0. The summed E-state index contributed by atoms with van der Waals surface area (Å²) in [5.74, 6) is 0.514. The van der Waals surface area contributed by atoms with E-state index < -0.39 is 0 Å². The molecule has 0 bridgehead atoms. The van der Waals surface area contributed by atoms with Crippen molar-refractivity contribution in [2.75, 3.05) is 0 Å². The van der Waals surface area contributed by atoms with E-state index in [1.807, 2.05) is 38.2 Å². The van der Waals surface area contributed by atoms with Crippen LogP contribution >= 0.6 is 0 Å². The van der Waals surface area contributed by atoms with Crippen molar-refractivity contribution in [2.24, 2.45) is 10.9 Å². The van der Waals surface area contributed by atoms with Gasteiger partial charge in [0.05, 0.1) is 11.4 Å². The lowest BCUT2D eigenvalue weighted by molar-refractivity contribution is 0.833. The summed E-state index contributed by atoms with van der Waals surface area (Å²) >= 11 is 0. The van der Waals surface area contributed by atoms with E-state index in [4.69, 9.17) is 0 Å². The average Bonchev–Trinajstić information content (AvgIpc) is 2.27. The molecule has 0 aliphatic rings. The van der Waals surface area contributed by atoms with Gasteiger partial charge in [0.25, 0.3) is 0 Å². The van der Waals surface area contributed by atoms with Gasteiger partial charge < -0.3 is 0 Å². The minimum Gasteiger partial charge on any atom is -0.249 e. The molecule has 1 nitrogen and oxygen atoms in total. The summed E-state index contributed by atoms with van der Waals surface area (Å²) in [6.45, 7) is 15.8. The second-order valence-corrected chi connectivity index (χ2v) is 4.24. The molecule has 0 rings (SSSR count). The lowest BCUT2D eigenvalue weighted by atomic mass is 10.2. The summed E-state index contributed by atoms with van der Waals surface area (Å²) in [7, 11) is 0. The van der Waals surface area contributed by atoms with Crippen LogP contribution < -0.4 is 0 Å². The molecule has 0 N–H and O–H groups in total. The van der Waals surface area contributed by atoms with E-state index in [-0.39, 0.29) is 0 Å². The third-order valence-electron chi connectivity index (χ3n) is 1.95. The number of allylic oxidation sites excluding steroid dienone is 7. The first kappa shape index (κ1) is 15.4. The van der Waals surface area contributed by atoms with Crippen LogP contribution in [-0.4, -0.2) is 5.71 Å². The van der Waals surface area contributed by atoms with Crippen molar-refractivity contribution in [3.05, 3.63) is 60.9 Å². The number of aliphatic imine (C=N–C) groups is 1. The first-order valence-electron chi connectivity index (χ1n) is 5.88. The zero-order valence-corrected chi connectivity index (χ0v) is 11.4. The Morgan fingerprint density at radius 3 is 2.24 bits per heavy atom. The van der Waals surface area contributed by atoms with Crippen LogP contribution in [0, 0.1) is 5.92 Å². The quantitative estimate of drug-likeness (QED) is 0.455. The Bertz CT molecular complexity index is 376. The Morgan fingerprint density at radius 1 is 1.18 bits per heavy atom. The van der Waals surface area contributed by atoms with Crippen LogP contribution in [0.1, 0.15) is 27.7 Å². The van der Waals surface area contributed by atoms with E-state index in [0.717, 1.165) is 17.0 Å². The zero-order valence-electron chi connectivity index (χ0n) is 11.4. The molecule has 0 unspecified atom stereocenters. The minimum atomic E-state index is 0.514. The van der Waals surface area contributed by atoms with Gasteiger partial charge in [-0.2, -0.15) is 0 Å². The molecule has 0 atom stereocenters. The maximum absolute atomic E-state index is 4.50. The lowest BCUT2D eigenvalue weighted by Crippen LogP contribution is -1.90. The van der Waals surface area contributed by atoms with Crippen molar-refractivity contribution in [2.45, 2.75) is 27.7 Å². The van der Waals surface area contributed by atoms with E-state index >= 15 is 0 Å². The van der Waals surface area contributed by atoms with Gasteiger partial charge in [0, 0.05) is 0 Å². The molecule has 0 aromatic carbocycles. The smallest absolute Gasteiger partial charge is 0.0627 e. The van der Waals surface area contributed by atoms with Gasteiger partial charge in [-0.3, -0.25) is 0 Å². The Balaban J connectivity index is 4.92. The van der Waals surface area contributed by atoms with Gasteiger partial charge in [0.1, 0.15) is 0 Å². The third kappa shape index (κ3) is 8.21. The SMILES string of the molecule is C=CC(/C=C\C(C)C)=NC(=CC)/C=C\C(=C)C. The molecule has 0 aliphatic heterocycles. The maximum atomic E-state index is 4.50. The van der Waals surface area contributed by atoms with Crippen molar-refractivity contribution in [3.8, 4) is 0 Å². The van der Waals surface area contributed by atoms with Gasteiger partial charge in [-0.05, 0) is 38.0 Å². The molecule has 0 aromatic heterocycles. The van der Waals surface area contributed by atoms with Crippen LogP contribution in [0.25, 0.3) is 0 Å². The molecule has 0 saturated carbocycles. The largest absolute Gasteiger partial charge is 0.249 e. The molecule has 1 heteroatoms. The maximum Gasteiger partial charge on any atom is 0.0627 e. The molecular formula is C16H23N. The van der Waals surface area contributed by atoms with E-state index in [1.165, 1.54) is 0 Å². The highest BCUT2D eigenvalue weighted by Crippen LogP contribution is 2.04. The summed E-state index contributed by atoms with van der Waals surface area (Å²) in [4.78, 5) is 4.50. The van der Waals surface area contributed by atoms with E-state index in [2.05, 4.69) is 38.1 Å². The van der Waals surface area contributed by atoms with Crippen molar-refractivity contribution < 1.29 is 0 Å². The first-order chi connectivity index (χ1) is 7.99. The summed E-state index contributed by atoms with van der Waals surface area (Å²) in [5.41, 5.74) is 2.80. The second-order valence-electron chi connectivity index (χ2n) is 4.24. The number of hydrogen-bond acceptors (Lipinski definition) is 1. The van der Waals surface area contributed by atoms with Crippen LogP contribution in [-0.2, 0) is 0 Å². The molecule has 0 saturated heterocycles. The van der Waals surface area contributed by atoms with Gasteiger partial charge in [0.2, 0.25) is 0 Å². The van der Waals surface area contributed by atoms with Crippen molar-refractivity contribution >= 4 is 5.71 Å². The van der Waals surface area contributed by atoms with Crippen LogP contribution in [0.2, 0.25) is 0 Å². The van der Waals surface area contributed by atoms with Crippen LogP contribution in [0.5, 0.6) is 0 Å². The fourth-order valence-electron chi connectivity index (χ4n) is 1.02. The Kier molecular flexibility index (Phi) is 7.70. The van der Waals surface area contributed by atoms with Gasteiger partial charge >= 0.3 is 0 Å². The first-order valence-corrected chi connectivity index (χ1v) is 5.88. The van der Waals surface area contributed by atoms with Crippen molar-refractivity contribution in [1.29, 1.82) is 0 Å². The number of rotatable bonds is 6. The Hall–Kier alpha value is -1.63. The Morgan fingerprint density at radius 2 is 1.82 bits per heavy atom. The predicted octanol–water partition coefficient (Wildman–Crippen LogP) is 4.86. The summed E-state index contributed by atoms with van der Waals surface area (Å²) < 4.78 is 0. The molecule has 0 spiro atoms. The Labute approximate surface area is 106 Å². The van der Waals surface area contributed by atoms with Gasteiger partial charge in [0.15, 0.2) is 0 Å². The average molecular weight is 229 g/mol. The molecule has 0 fully saturated rings. The topological polar surface area (TPSA) is 12.4 Å². The molecule has 17 heavy (non-hydrogen) atoms. The highest BCUT2D eigenvalue weighted by Gasteiger charge is 1.91. The van der Waals surface area contributed by atoms with Gasteiger partial charge in [-0.1, -0.05) is 50.8 Å². The van der Waals surface area contributed by atoms with Gasteiger partial charge in [-0.15, -0.1) is 0 Å². The van der Waals surface area contributed by atoms with Gasteiger partial charge in [-0.25, -0.2) is 4.99 Å². The fourth-order valence-corrected chi connectivity index (χ4v) is 1.02. The number of nitrogens with zero attached hydrogens (tertiary/aromatic N) is 1. The second kappa shape index (κ2) is 8.51. The summed E-state index contributed by atoms with van der Waals surface area (Å²) in [6.07, 6.45) is 11.7. The molecule has 0 aromatic rings. The molecule has 0 amide bonds. The highest BCUT2D eigenvalue weighted by atomic mass is 14.7. The highest BCUT2D eigenvalue weighted by molar-refractivity contribution is 6.04. The van der Waals surface area contributed by atoms with E-state index in [1.54, 1.807) is 6.08 Å². The van der Waals surface area contributed by atoms with Crippen molar-refractivity contribution in [3.63, 3.8) is 0 Å². The summed E-state index contributed by atoms with van der Waals surface area (Å²) in [6, 6.07) is 0. The van der Waals surface area contributed by atoms with E-state index in [9.17, 15) is 0 Å². The molecule has 0 heterocycles. The fraction of sp³-hybridized carbons (Fsp3) is 0.312. The molecule has 0 radical (unpaired) electrons. The van der Waals surface area contributed by atoms with E-state index in [0.29, 0.717) is 5.92 Å². The van der Waals surface area contributed by atoms with Crippen LogP contribution in [0.4, 0.5) is 0 Å². The zero-order chi connectivity index (χ0) is 13.3. The minimum absolute atomic E-state index is 0.514. The lowest BCUT2D eigenvalue weighted by Gasteiger charge is -1.98. The predicted molar refractivity (Wildman–Crippen MR) is 79.3 cm³/mol. The number of hydrogen-bond donors (Lipinski definition) is 0. The van der Waals surface area contributed by atoms with Crippen LogP contribution in [0.15, 0.2) is 65.9 Å². The monoisotopic (exact) mass is 229 g/mol.